The van der Waals surface area contributed by atoms with Gasteiger partial charge in [-0.3, -0.25) is 4.79 Å². The molecule has 2 aromatic rings. The van der Waals surface area contributed by atoms with Crippen LogP contribution in [0.1, 0.15) is 57.8 Å². The number of Topliss-reactive ketones (excluding diaryl/α,β-unsaturated/α-hetero) is 1. The largest absolute Gasteiger partial charge is 0.294 e. The maximum atomic E-state index is 12.4. The summed E-state index contributed by atoms with van der Waals surface area (Å²) in [6.07, 6.45) is 4.97. The zero-order chi connectivity index (χ0) is 13.5. The SMILES string of the molecule is O=C1CCC[C@@H]2c3ccccc3CCc3cccc1c32. The van der Waals surface area contributed by atoms with E-state index in [4.69, 9.17) is 0 Å². The molecule has 0 aliphatic heterocycles. The molecule has 0 fully saturated rings. The monoisotopic (exact) mass is 262 g/mol. The molecule has 0 saturated heterocycles. The van der Waals surface area contributed by atoms with E-state index in [1.807, 2.05) is 6.07 Å². The fourth-order valence-electron chi connectivity index (χ4n) is 3.91. The number of fused-ring (bicyclic) bond motifs is 2. The van der Waals surface area contributed by atoms with Crippen LogP contribution in [0.3, 0.4) is 0 Å². The minimum atomic E-state index is 0.337. The van der Waals surface area contributed by atoms with Crippen LogP contribution in [0.25, 0.3) is 0 Å². The van der Waals surface area contributed by atoms with Crippen molar-refractivity contribution in [2.24, 2.45) is 0 Å². The van der Waals surface area contributed by atoms with Crippen LogP contribution in [0, 0.1) is 0 Å². The molecule has 100 valence electrons. The Labute approximate surface area is 119 Å². The molecule has 0 saturated carbocycles. The second kappa shape index (κ2) is 4.59. The van der Waals surface area contributed by atoms with Crippen molar-refractivity contribution < 1.29 is 4.79 Å². The Morgan fingerprint density at radius 2 is 1.65 bits per heavy atom. The summed E-state index contributed by atoms with van der Waals surface area (Å²) in [6.45, 7) is 0. The van der Waals surface area contributed by atoms with Gasteiger partial charge in [0.15, 0.2) is 5.78 Å². The van der Waals surface area contributed by atoms with Crippen molar-refractivity contribution in [1.29, 1.82) is 0 Å². The molecule has 1 nitrogen and oxygen atoms in total. The molecule has 0 heterocycles. The molecule has 0 unspecified atom stereocenters. The highest BCUT2D eigenvalue weighted by molar-refractivity contribution is 5.98. The van der Waals surface area contributed by atoms with Gasteiger partial charge in [-0.25, -0.2) is 0 Å². The first-order valence-electron chi connectivity index (χ1n) is 7.57. The smallest absolute Gasteiger partial charge is 0.163 e. The Kier molecular flexibility index (Phi) is 2.73. The molecule has 2 aromatic carbocycles. The van der Waals surface area contributed by atoms with E-state index in [0.717, 1.165) is 31.2 Å². The zero-order valence-electron chi connectivity index (χ0n) is 11.6. The third kappa shape index (κ3) is 1.73. The summed E-state index contributed by atoms with van der Waals surface area (Å²) in [7, 11) is 0. The Balaban J connectivity index is 2.00. The molecule has 0 amide bonds. The van der Waals surface area contributed by atoms with Gasteiger partial charge in [0.25, 0.3) is 0 Å². The number of hydrogen-bond donors (Lipinski definition) is 0. The van der Waals surface area contributed by atoms with E-state index in [-0.39, 0.29) is 0 Å². The quantitative estimate of drug-likeness (QED) is 0.692. The molecule has 0 aromatic heterocycles. The van der Waals surface area contributed by atoms with E-state index >= 15 is 0 Å². The molecule has 0 N–H and O–H groups in total. The maximum absolute atomic E-state index is 12.4. The third-order valence-electron chi connectivity index (χ3n) is 4.84. The number of benzene rings is 2. The highest BCUT2D eigenvalue weighted by Crippen LogP contribution is 2.41. The van der Waals surface area contributed by atoms with Gasteiger partial charge < -0.3 is 0 Å². The normalized spacial score (nSPS) is 20.6. The standard InChI is InChI=1S/C19H18O/c20-18-10-4-8-16-15-7-2-1-5-13(15)11-12-14-6-3-9-17(18)19(14)16/h1-3,5-7,9,16H,4,8,10-12H2/t16-/m1/s1. The van der Waals surface area contributed by atoms with E-state index in [2.05, 4.69) is 36.4 Å². The highest BCUT2D eigenvalue weighted by atomic mass is 16.1. The van der Waals surface area contributed by atoms with Crippen molar-refractivity contribution >= 4 is 5.78 Å². The van der Waals surface area contributed by atoms with Crippen molar-refractivity contribution in [2.75, 3.05) is 0 Å². The first-order chi connectivity index (χ1) is 9.84. The predicted molar refractivity (Wildman–Crippen MR) is 80.3 cm³/mol. The van der Waals surface area contributed by atoms with E-state index < -0.39 is 0 Å². The van der Waals surface area contributed by atoms with E-state index in [1.165, 1.54) is 22.3 Å². The highest BCUT2D eigenvalue weighted by Gasteiger charge is 2.29. The van der Waals surface area contributed by atoms with Crippen LogP contribution in [-0.2, 0) is 12.8 Å². The first kappa shape index (κ1) is 11.9. The topological polar surface area (TPSA) is 17.1 Å². The van der Waals surface area contributed by atoms with Gasteiger partial charge in [-0.1, -0.05) is 42.5 Å². The van der Waals surface area contributed by atoms with Gasteiger partial charge >= 0.3 is 0 Å². The lowest BCUT2D eigenvalue weighted by molar-refractivity contribution is 0.0982. The second-order valence-electron chi connectivity index (χ2n) is 5.95. The zero-order valence-corrected chi connectivity index (χ0v) is 11.6. The summed E-state index contributed by atoms with van der Waals surface area (Å²) < 4.78 is 0. The molecule has 0 bridgehead atoms. The fraction of sp³-hybridized carbons (Fsp3) is 0.316. The molecular formula is C19H18O. The molecule has 1 heteroatoms. The number of aryl methyl sites for hydroxylation is 2. The van der Waals surface area contributed by atoms with Gasteiger partial charge in [0.05, 0.1) is 0 Å². The molecular weight excluding hydrogens is 244 g/mol. The van der Waals surface area contributed by atoms with Crippen LogP contribution < -0.4 is 0 Å². The van der Waals surface area contributed by atoms with Crippen molar-refractivity contribution in [3.05, 3.63) is 70.3 Å². The van der Waals surface area contributed by atoms with Crippen LogP contribution in [0.4, 0.5) is 0 Å². The third-order valence-corrected chi connectivity index (χ3v) is 4.84. The summed E-state index contributed by atoms with van der Waals surface area (Å²) in [5.74, 6) is 0.759. The van der Waals surface area contributed by atoms with Gasteiger partial charge in [-0.2, -0.15) is 0 Å². The Bertz CT molecular complexity index is 684. The van der Waals surface area contributed by atoms with E-state index in [9.17, 15) is 4.79 Å². The van der Waals surface area contributed by atoms with Gasteiger partial charge in [0.1, 0.15) is 0 Å². The molecule has 2 aliphatic carbocycles. The van der Waals surface area contributed by atoms with Crippen LogP contribution in [0.2, 0.25) is 0 Å². The van der Waals surface area contributed by atoms with E-state index in [1.54, 1.807) is 0 Å². The number of carbonyl (C=O) groups excluding carboxylic acids is 1. The molecule has 0 spiro atoms. The van der Waals surface area contributed by atoms with E-state index in [0.29, 0.717) is 18.1 Å². The molecule has 0 radical (unpaired) electrons. The Morgan fingerprint density at radius 1 is 0.850 bits per heavy atom. The number of ketones is 1. The summed E-state index contributed by atoms with van der Waals surface area (Å²) >= 11 is 0. The van der Waals surface area contributed by atoms with Crippen LogP contribution in [0.5, 0.6) is 0 Å². The summed E-state index contributed by atoms with van der Waals surface area (Å²) in [6, 6.07) is 15.1. The molecule has 2 aliphatic rings. The number of rotatable bonds is 0. The lowest BCUT2D eigenvalue weighted by Crippen LogP contribution is -2.07. The number of hydrogen-bond acceptors (Lipinski definition) is 1. The number of carbonyl (C=O) groups is 1. The van der Waals surface area contributed by atoms with Crippen LogP contribution >= 0.6 is 0 Å². The minimum absolute atomic E-state index is 0.337. The molecule has 1 atom stereocenters. The lowest BCUT2D eigenvalue weighted by atomic mass is 9.84. The van der Waals surface area contributed by atoms with Gasteiger partial charge in [0.2, 0.25) is 0 Å². The predicted octanol–water partition coefficient (Wildman–Crippen LogP) is 4.28. The molecule has 4 rings (SSSR count). The maximum Gasteiger partial charge on any atom is 0.163 e. The van der Waals surface area contributed by atoms with Gasteiger partial charge in [0, 0.05) is 17.9 Å². The van der Waals surface area contributed by atoms with Gasteiger partial charge in [-0.15, -0.1) is 0 Å². The molecule has 20 heavy (non-hydrogen) atoms. The van der Waals surface area contributed by atoms with Crippen molar-refractivity contribution in [3.63, 3.8) is 0 Å². The van der Waals surface area contributed by atoms with Crippen molar-refractivity contribution in [1.82, 2.24) is 0 Å². The Hall–Kier alpha value is -1.89. The average Bonchev–Trinajstić information content (AvgIpc) is 2.75. The summed E-state index contributed by atoms with van der Waals surface area (Å²) in [5, 5.41) is 0. The van der Waals surface area contributed by atoms with Gasteiger partial charge in [-0.05, 0) is 47.9 Å². The second-order valence-corrected chi connectivity index (χ2v) is 5.95. The summed E-state index contributed by atoms with van der Waals surface area (Å²) in [5.41, 5.74) is 6.63. The van der Waals surface area contributed by atoms with Crippen molar-refractivity contribution in [2.45, 2.75) is 38.0 Å². The van der Waals surface area contributed by atoms with Crippen molar-refractivity contribution in [3.8, 4) is 0 Å². The Morgan fingerprint density at radius 3 is 2.60 bits per heavy atom. The first-order valence-corrected chi connectivity index (χ1v) is 7.57. The minimum Gasteiger partial charge on any atom is -0.294 e. The fourth-order valence-corrected chi connectivity index (χ4v) is 3.91. The summed E-state index contributed by atoms with van der Waals surface area (Å²) in [4.78, 5) is 12.4. The van der Waals surface area contributed by atoms with Crippen LogP contribution in [-0.4, -0.2) is 5.78 Å². The average molecular weight is 262 g/mol. The van der Waals surface area contributed by atoms with Crippen LogP contribution in [0.15, 0.2) is 42.5 Å². The lowest BCUT2D eigenvalue weighted by Gasteiger charge is -2.20.